The molecule has 1 fully saturated rings. The van der Waals surface area contributed by atoms with Crippen molar-refractivity contribution in [1.29, 1.82) is 0 Å². The number of hydrogen-bond acceptors (Lipinski definition) is 7. The SMILES string of the molecule is CCOC(=O)C1CCN(CC(O)COc2ccc(C(=O)OC)cc2)CC1. The minimum absolute atomic E-state index is 0.0343. The third kappa shape index (κ3) is 6.00. The Kier molecular flexibility index (Phi) is 7.87. The Morgan fingerprint density at radius 2 is 1.88 bits per heavy atom. The van der Waals surface area contributed by atoms with Crippen molar-refractivity contribution in [2.24, 2.45) is 5.92 Å². The maximum absolute atomic E-state index is 11.7. The van der Waals surface area contributed by atoms with Crippen LogP contribution in [-0.4, -0.2) is 68.0 Å². The van der Waals surface area contributed by atoms with E-state index in [1.165, 1.54) is 7.11 Å². The summed E-state index contributed by atoms with van der Waals surface area (Å²) in [5, 5.41) is 10.2. The largest absolute Gasteiger partial charge is 0.491 e. The van der Waals surface area contributed by atoms with Crippen LogP contribution in [0, 0.1) is 5.92 Å². The van der Waals surface area contributed by atoms with Gasteiger partial charge < -0.3 is 24.2 Å². The molecule has 0 aliphatic carbocycles. The lowest BCUT2D eigenvalue weighted by molar-refractivity contribution is -0.149. The minimum atomic E-state index is -0.630. The van der Waals surface area contributed by atoms with Crippen molar-refractivity contribution >= 4 is 11.9 Å². The van der Waals surface area contributed by atoms with Gasteiger partial charge in [-0.05, 0) is 57.1 Å². The van der Waals surface area contributed by atoms with Crippen LogP contribution in [0.25, 0.3) is 0 Å². The van der Waals surface area contributed by atoms with Gasteiger partial charge in [-0.1, -0.05) is 0 Å². The van der Waals surface area contributed by atoms with E-state index in [-0.39, 0.29) is 18.5 Å². The average molecular weight is 365 g/mol. The number of aliphatic hydroxyl groups excluding tert-OH is 1. The molecule has 1 saturated heterocycles. The second-order valence-corrected chi connectivity index (χ2v) is 6.31. The Labute approximate surface area is 153 Å². The predicted octanol–water partition coefficient (Wildman–Crippen LogP) is 1.49. The summed E-state index contributed by atoms with van der Waals surface area (Å²) in [7, 11) is 1.33. The second kappa shape index (κ2) is 10.1. The van der Waals surface area contributed by atoms with E-state index in [1.807, 2.05) is 6.92 Å². The van der Waals surface area contributed by atoms with Gasteiger partial charge in [-0.25, -0.2) is 4.79 Å². The first kappa shape index (κ1) is 20.2. The van der Waals surface area contributed by atoms with Gasteiger partial charge in [-0.2, -0.15) is 0 Å². The second-order valence-electron chi connectivity index (χ2n) is 6.31. The Hall–Kier alpha value is -2.12. The van der Waals surface area contributed by atoms with Gasteiger partial charge in [0.05, 0.1) is 25.2 Å². The maximum atomic E-state index is 11.7. The van der Waals surface area contributed by atoms with E-state index in [9.17, 15) is 14.7 Å². The molecule has 1 unspecified atom stereocenters. The number of methoxy groups -OCH3 is 1. The minimum Gasteiger partial charge on any atom is -0.491 e. The zero-order valence-corrected chi connectivity index (χ0v) is 15.3. The predicted molar refractivity (Wildman–Crippen MR) is 95.1 cm³/mol. The molecule has 0 spiro atoms. The molecule has 1 aliphatic rings. The van der Waals surface area contributed by atoms with E-state index >= 15 is 0 Å². The van der Waals surface area contributed by atoms with Crippen molar-refractivity contribution in [3.8, 4) is 5.75 Å². The quantitative estimate of drug-likeness (QED) is 0.699. The van der Waals surface area contributed by atoms with Crippen molar-refractivity contribution in [2.45, 2.75) is 25.9 Å². The van der Waals surface area contributed by atoms with Crippen molar-refractivity contribution in [1.82, 2.24) is 4.90 Å². The highest BCUT2D eigenvalue weighted by Gasteiger charge is 2.26. The smallest absolute Gasteiger partial charge is 0.337 e. The molecular weight excluding hydrogens is 338 g/mol. The third-order valence-electron chi connectivity index (χ3n) is 4.39. The zero-order valence-electron chi connectivity index (χ0n) is 15.3. The summed E-state index contributed by atoms with van der Waals surface area (Å²) < 4.78 is 15.3. The standard InChI is InChI=1S/C19H27NO6/c1-3-25-19(23)15-8-10-20(11-9-15)12-16(21)13-26-17-6-4-14(5-7-17)18(22)24-2/h4-7,15-16,21H,3,8-13H2,1-2H3. The molecule has 0 radical (unpaired) electrons. The van der Waals surface area contributed by atoms with Gasteiger partial charge in [0, 0.05) is 6.54 Å². The highest BCUT2D eigenvalue weighted by atomic mass is 16.5. The molecule has 0 bridgehead atoms. The van der Waals surface area contributed by atoms with Crippen LogP contribution < -0.4 is 4.74 Å². The lowest BCUT2D eigenvalue weighted by Crippen LogP contribution is -2.42. The van der Waals surface area contributed by atoms with Crippen molar-refractivity contribution in [3.63, 3.8) is 0 Å². The van der Waals surface area contributed by atoms with Crippen LogP contribution in [0.4, 0.5) is 0 Å². The molecule has 26 heavy (non-hydrogen) atoms. The fourth-order valence-corrected chi connectivity index (χ4v) is 2.96. The number of ether oxygens (including phenoxy) is 3. The number of hydrogen-bond donors (Lipinski definition) is 1. The van der Waals surface area contributed by atoms with E-state index < -0.39 is 12.1 Å². The zero-order chi connectivity index (χ0) is 18.9. The number of carbonyl (C=O) groups excluding carboxylic acids is 2. The first-order valence-corrected chi connectivity index (χ1v) is 8.91. The van der Waals surface area contributed by atoms with E-state index in [1.54, 1.807) is 24.3 Å². The van der Waals surface area contributed by atoms with Crippen LogP contribution in [0.3, 0.4) is 0 Å². The molecule has 1 atom stereocenters. The molecule has 144 valence electrons. The molecule has 1 aliphatic heterocycles. The molecule has 1 aromatic carbocycles. The number of carbonyl (C=O) groups is 2. The Morgan fingerprint density at radius 3 is 2.46 bits per heavy atom. The number of β-amino-alcohol motifs (C(OH)–C–C–N with tert-alkyl or cyclic N) is 1. The van der Waals surface area contributed by atoms with Crippen LogP contribution in [0.5, 0.6) is 5.75 Å². The number of rotatable bonds is 8. The van der Waals surface area contributed by atoms with Crippen LogP contribution in [0.2, 0.25) is 0 Å². The molecule has 0 saturated carbocycles. The van der Waals surface area contributed by atoms with Gasteiger partial charge in [0.1, 0.15) is 18.5 Å². The fourth-order valence-electron chi connectivity index (χ4n) is 2.96. The topological polar surface area (TPSA) is 85.3 Å². The van der Waals surface area contributed by atoms with Crippen LogP contribution >= 0.6 is 0 Å². The Morgan fingerprint density at radius 1 is 1.23 bits per heavy atom. The summed E-state index contributed by atoms with van der Waals surface area (Å²) >= 11 is 0. The van der Waals surface area contributed by atoms with Gasteiger partial charge in [0.25, 0.3) is 0 Å². The Balaban J connectivity index is 1.70. The van der Waals surface area contributed by atoms with Gasteiger partial charge in [0.2, 0.25) is 0 Å². The number of esters is 2. The summed E-state index contributed by atoms with van der Waals surface area (Å²) in [6, 6.07) is 6.58. The molecule has 1 heterocycles. The monoisotopic (exact) mass is 365 g/mol. The van der Waals surface area contributed by atoms with Crippen molar-refractivity contribution < 1.29 is 28.9 Å². The molecule has 1 N–H and O–H groups in total. The van der Waals surface area contributed by atoms with Crippen LogP contribution in [0.1, 0.15) is 30.1 Å². The summed E-state index contributed by atoms with van der Waals surface area (Å²) in [4.78, 5) is 25.2. The normalized spacial score (nSPS) is 16.7. The van der Waals surface area contributed by atoms with E-state index in [2.05, 4.69) is 9.64 Å². The van der Waals surface area contributed by atoms with Gasteiger partial charge in [0.15, 0.2) is 0 Å². The van der Waals surface area contributed by atoms with Crippen molar-refractivity contribution in [2.75, 3.05) is 40.0 Å². The summed E-state index contributed by atoms with van der Waals surface area (Å²) in [5.74, 6) is 0.0277. The maximum Gasteiger partial charge on any atom is 0.337 e. The third-order valence-corrected chi connectivity index (χ3v) is 4.39. The van der Waals surface area contributed by atoms with E-state index in [0.29, 0.717) is 24.5 Å². The average Bonchev–Trinajstić information content (AvgIpc) is 2.67. The molecule has 0 aromatic heterocycles. The molecule has 1 aromatic rings. The first-order valence-electron chi connectivity index (χ1n) is 8.91. The molecule has 0 amide bonds. The lowest BCUT2D eigenvalue weighted by atomic mass is 9.97. The van der Waals surface area contributed by atoms with Gasteiger partial charge in [-0.15, -0.1) is 0 Å². The van der Waals surface area contributed by atoms with Crippen LogP contribution in [-0.2, 0) is 14.3 Å². The summed E-state index contributed by atoms with van der Waals surface area (Å²) in [5.41, 5.74) is 0.449. The molecule has 7 nitrogen and oxygen atoms in total. The number of benzene rings is 1. The first-order chi connectivity index (χ1) is 12.5. The van der Waals surface area contributed by atoms with E-state index in [0.717, 1.165) is 25.9 Å². The molecule has 2 rings (SSSR count). The highest BCUT2D eigenvalue weighted by Crippen LogP contribution is 2.19. The van der Waals surface area contributed by atoms with Crippen LogP contribution in [0.15, 0.2) is 24.3 Å². The van der Waals surface area contributed by atoms with Gasteiger partial charge in [-0.3, -0.25) is 4.79 Å². The lowest BCUT2D eigenvalue weighted by Gasteiger charge is -2.32. The number of piperidine rings is 1. The Bertz CT molecular complexity index is 580. The highest BCUT2D eigenvalue weighted by molar-refractivity contribution is 5.89. The van der Waals surface area contributed by atoms with Crippen molar-refractivity contribution in [3.05, 3.63) is 29.8 Å². The number of likely N-dealkylation sites (tertiary alicyclic amines) is 1. The molecular formula is C19H27NO6. The molecule has 7 heteroatoms. The number of nitrogens with zero attached hydrogens (tertiary/aromatic N) is 1. The number of aliphatic hydroxyl groups is 1. The summed E-state index contributed by atoms with van der Waals surface area (Å²) in [6.45, 7) is 4.40. The van der Waals surface area contributed by atoms with Gasteiger partial charge >= 0.3 is 11.9 Å². The summed E-state index contributed by atoms with van der Waals surface area (Å²) in [6.07, 6.45) is 0.873. The fraction of sp³-hybridized carbons (Fsp3) is 0.579. The van der Waals surface area contributed by atoms with E-state index in [4.69, 9.17) is 9.47 Å².